The number of nitrogens with zero attached hydrogens (tertiary/aromatic N) is 1. The standard InChI is InChI=1S/C16H21ClN2O4/c1-4-22-16(21)11-8-18-15(17)7-12(11)19-10-5-13(20)14(6-10)23-9(2)3/h7-10,14H,4-6H2,1-3H3,(H,18,19). The Morgan fingerprint density at radius 2 is 2.26 bits per heavy atom. The van der Waals surface area contributed by atoms with Gasteiger partial charge in [-0.2, -0.15) is 0 Å². The number of hydrogen-bond donors (Lipinski definition) is 1. The topological polar surface area (TPSA) is 77.5 Å². The Balaban J connectivity index is 2.12. The molecule has 0 spiro atoms. The third kappa shape index (κ3) is 4.65. The zero-order valence-corrected chi connectivity index (χ0v) is 14.2. The molecule has 126 valence electrons. The van der Waals surface area contributed by atoms with Crippen LogP contribution < -0.4 is 5.32 Å². The Hall–Kier alpha value is -1.66. The largest absolute Gasteiger partial charge is 0.462 e. The van der Waals surface area contributed by atoms with E-state index in [0.717, 1.165) is 0 Å². The number of carbonyl (C=O) groups excluding carboxylic acids is 2. The van der Waals surface area contributed by atoms with Crippen molar-refractivity contribution in [2.45, 2.75) is 51.9 Å². The summed E-state index contributed by atoms with van der Waals surface area (Å²) in [4.78, 5) is 27.9. The van der Waals surface area contributed by atoms with E-state index < -0.39 is 12.1 Å². The average Bonchev–Trinajstić information content (AvgIpc) is 2.78. The zero-order valence-electron chi connectivity index (χ0n) is 13.5. The van der Waals surface area contributed by atoms with Crippen LogP contribution in [0.25, 0.3) is 0 Å². The number of hydrogen-bond acceptors (Lipinski definition) is 6. The smallest absolute Gasteiger partial charge is 0.341 e. The number of esters is 1. The number of nitrogens with one attached hydrogen (secondary N) is 1. The maximum absolute atomic E-state index is 12.0. The van der Waals surface area contributed by atoms with Crippen LogP contribution in [0.5, 0.6) is 0 Å². The van der Waals surface area contributed by atoms with Crippen LogP contribution in [0.4, 0.5) is 5.69 Å². The summed E-state index contributed by atoms with van der Waals surface area (Å²) in [6, 6.07) is 1.45. The summed E-state index contributed by atoms with van der Waals surface area (Å²) in [5.74, 6) is -0.410. The highest BCUT2D eigenvalue weighted by molar-refractivity contribution is 6.29. The summed E-state index contributed by atoms with van der Waals surface area (Å²) in [5.41, 5.74) is 0.823. The van der Waals surface area contributed by atoms with Crippen LogP contribution >= 0.6 is 11.6 Å². The van der Waals surface area contributed by atoms with Crippen LogP contribution in [0.2, 0.25) is 5.15 Å². The lowest BCUT2D eigenvalue weighted by Gasteiger charge is -2.17. The third-order valence-electron chi connectivity index (χ3n) is 3.47. The van der Waals surface area contributed by atoms with Gasteiger partial charge in [-0.25, -0.2) is 9.78 Å². The number of pyridine rings is 1. The van der Waals surface area contributed by atoms with Crippen LogP contribution in [-0.4, -0.2) is 41.6 Å². The fraction of sp³-hybridized carbons (Fsp3) is 0.562. The van der Waals surface area contributed by atoms with Gasteiger partial charge in [0.05, 0.1) is 18.4 Å². The van der Waals surface area contributed by atoms with E-state index in [1.807, 2.05) is 13.8 Å². The van der Waals surface area contributed by atoms with Gasteiger partial charge in [0.15, 0.2) is 5.78 Å². The van der Waals surface area contributed by atoms with Gasteiger partial charge in [-0.05, 0) is 26.8 Å². The number of rotatable bonds is 6. The van der Waals surface area contributed by atoms with Crippen LogP contribution in [0.1, 0.15) is 44.0 Å². The molecule has 1 aromatic rings. The van der Waals surface area contributed by atoms with Crippen molar-refractivity contribution in [2.24, 2.45) is 0 Å². The first-order valence-electron chi connectivity index (χ1n) is 7.68. The molecule has 2 unspecified atom stereocenters. The molecule has 2 rings (SSSR count). The van der Waals surface area contributed by atoms with Crippen molar-refractivity contribution in [3.63, 3.8) is 0 Å². The van der Waals surface area contributed by atoms with Crippen molar-refractivity contribution in [3.8, 4) is 0 Å². The molecule has 1 aromatic heterocycles. The van der Waals surface area contributed by atoms with E-state index in [-0.39, 0.29) is 29.7 Å². The number of ether oxygens (including phenoxy) is 2. The van der Waals surface area contributed by atoms with Gasteiger partial charge in [0.1, 0.15) is 16.8 Å². The molecule has 1 N–H and O–H groups in total. The van der Waals surface area contributed by atoms with Crippen molar-refractivity contribution in [3.05, 3.63) is 23.0 Å². The summed E-state index contributed by atoms with van der Waals surface area (Å²) >= 11 is 5.92. The number of aromatic nitrogens is 1. The Labute approximate surface area is 140 Å². The monoisotopic (exact) mass is 340 g/mol. The van der Waals surface area contributed by atoms with E-state index in [2.05, 4.69) is 10.3 Å². The maximum Gasteiger partial charge on any atom is 0.341 e. The van der Waals surface area contributed by atoms with E-state index in [1.165, 1.54) is 6.20 Å². The molecule has 1 aliphatic rings. The van der Waals surface area contributed by atoms with Crippen molar-refractivity contribution in [2.75, 3.05) is 11.9 Å². The predicted octanol–water partition coefficient (Wildman–Crippen LogP) is 2.85. The lowest BCUT2D eigenvalue weighted by molar-refractivity contribution is -0.129. The molecule has 0 radical (unpaired) electrons. The van der Waals surface area contributed by atoms with Gasteiger partial charge < -0.3 is 14.8 Å². The normalized spacial score (nSPS) is 20.8. The highest BCUT2D eigenvalue weighted by Gasteiger charge is 2.34. The molecule has 1 aliphatic carbocycles. The molecule has 1 fully saturated rings. The van der Waals surface area contributed by atoms with Crippen molar-refractivity contribution in [1.82, 2.24) is 4.98 Å². The number of carbonyl (C=O) groups is 2. The van der Waals surface area contributed by atoms with Gasteiger partial charge in [0.2, 0.25) is 0 Å². The first-order chi connectivity index (χ1) is 10.9. The molecule has 7 heteroatoms. The molecule has 0 aliphatic heterocycles. The average molecular weight is 341 g/mol. The van der Waals surface area contributed by atoms with Gasteiger partial charge in [-0.3, -0.25) is 4.79 Å². The Bertz CT molecular complexity index is 591. The quantitative estimate of drug-likeness (QED) is 0.633. The van der Waals surface area contributed by atoms with E-state index in [4.69, 9.17) is 21.1 Å². The molecule has 1 heterocycles. The molecule has 0 bridgehead atoms. The highest BCUT2D eigenvalue weighted by atomic mass is 35.5. The lowest BCUT2D eigenvalue weighted by atomic mass is 10.2. The van der Waals surface area contributed by atoms with Gasteiger partial charge >= 0.3 is 5.97 Å². The van der Waals surface area contributed by atoms with E-state index in [0.29, 0.717) is 24.1 Å². The predicted molar refractivity (Wildman–Crippen MR) is 86.9 cm³/mol. The number of Topliss-reactive ketones (excluding diaryl/α,β-unsaturated/α-hetero) is 1. The second-order valence-corrected chi connectivity index (χ2v) is 6.08. The molecule has 0 aromatic carbocycles. The molecular formula is C16H21ClN2O4. The van der Waals surface area contributed by atoms with E-state index >= 15 is 0 Å². The van der Waals surface area contributed by atoms with Crippen LogP contribution in [0.15, 0.2) is 12.3 Å². The molecule has 2 atom stereocenters. The van der Waals surface area contributed by atoms with Crippen LogP contribution in [0.3, 0.4) is 0 Å². The minimum absolute atomic E-state index is 0.00633. The zero-order chi connectivity index (χ0) is 17.0. The Kier molecular flexibility index (Phi) is 5.96. The Morgan fingerprint density at radius 3 is 2.91 bits per heavy atom. The highest BCUT2D eigenvalue weighted by Crippen LogP contribution is 2.27. The first-order valence-corrected chi connectivity index (χ1v) is 8.05. The van der Waals surface area contributed by atoms with E-state index in [1.54, 1.807) is 13.0 Å². The fourth-order valence-electron chi connectivity index (χ4n) is 2.56. The van der Waals surface area contributed by atoms with Crippen LogP contribution in [-0.2, 0) is 14.3 Å². The van der Waals surface area contributed by atoms with Crippen molar-refractivity contribution >= 4 is 29.0 Å². The number of halogens is 1. The molecule has 0 saturated heterocycles. The van der Waals surface area contributed by atoms with Gasteiger partial charge in [0.25, 0.3) is 0 Å². The van der Waals surface area contributed by atoms with Gasteiger partial charge in [-0.15, -0.1) is 0 Å². The molecule has 6 nitrogen and oxygen atoms in total. The summed E-state index contributed by atoms with van der Waals surface area (Å²) in [6.45, 7) is 5.80. The van der Waals surface area contributed by atoms with E-state index in [9.17, 15) is 9.59 Å². The SMILES string of the molecule is CCOC(=O)c1cnc(Cl)cc1NC1CC(=O)C(OC(C)C)C1. The summed E-state index contributed by atoms with van der Waals surface area (Å²) in [6.07, 6.45) is 1.87. The minimum Gasteiger partial charge on any atom is -0.462 e. The second-order valence-electron chi connectivity index (χ2n) is 5.69. The minimum atomic E-state index is -0.474. The third-order valence-corrected chi connectivity index (χ3v) is 3.67. The van der Waals surface area contributed by atoms with Crippen LogP contribution in [0, 0.1) is 0 Å². The summed E-state index contributed by atoms with van der Waals surface area (Å²) in [7, 11) is 0. The fourth-order valence-corrected chi connectivity index (χ4v) is 2.72. The van der Waals surface area contributed by atoms with Gasteiger partial charge in [0, 0.05) is 25.1 Å². The van der Waals surface area contributed by atoms with Gasteiger partial charge in [-0.1, -0.05) is 11.6 Å². The summed E-state index contributed by atoms with van der Waals surface area (Å²) < 4.78 is 10.6. The second kappa shape index (κ2) is 7.75. The maximum atomic E-state index is 12.0. The molecule has 1 saturated carbocycles. The Morgan fingerprint density at radius 1 is 1.52 bits per heavy atom. The molecule has 23 heavy (non-hydrogen) atoms. The number of ketones is 1. The molecular weight excluding hydrogens is 320 g/mol. The lowest BCUT2D eigenvalue weighted by Crippen LogP contribution is -2.23. The number of anilines is 1. The van der Waals surface area contributed by atoms with Crippen molar-refractivity contribution in [1.29, 1.82) is 0 Å². The first kappa shape index (κ1) is 17.7. The van der Waals surface area contributed by atoms with Crippen molar-refractivity contribution < 1.29 is 19.1 Å². The summed E-state index contributed by atoms with van der Waals surface area (Å²) in [5, 5.41) is 3.46. The molecule has 0 amide bonds.